The topological polar surface area (TPSA) is 35.6 Å². The lowest BCUT2D eigenvalue weighted by Gasteiger charge is -2.11. The van der Waals surface area contributed by atoms with Crippen LogP contribution in [0, 0.1) is 11.6 Å². The van der Waals surface area contributed by atoms with Crippen molar-refractivity contribution in [1.29, 1.82) is 0 Å². The molecule has 4 nitrogen and oxygen atoms in total. The second-order valence-electron chi connectivity index (χ2n) is 6.32. The Labute approximate surface area is 160 Å². The van der Waals surface area contributed by atoms with Gasteiger partial charge in [-0.25, -0.2) is 18.7 Å². The van der Waals surface area contributed by atoms with Gasteiger partial charge in [0.15, 0.2) is 0 Å². The van der Waals surface area contributed by atoms with Gasteiger partial charge in [0.05, 0.1) is 23.1 Å². The molecule has 0 unspecified atom stereocenters. The number of aromatic nitrogens is 4. The molecule has 0 saturated heterocycles. The summed E-state index contributed by atoms with van der Waals surface area (Å²) in [6.07, 6.45) is 4.24. The average molecular weight is 387 g/mol. The quantitative estimate of drug-likeness (QED) is 0.467. The SMILES string of the molecule is CCCn1c(Cn2ccnc2-c2cc(F)ccc2F)nc2ccc(Cl)cc21. The fourth-order valence-corrected chi connectivity index (χ4v) is 3.41. The third kappa shape index (κ3) is 3.32. The largest absolute Gasteiger partial charge is 0.326 e. The highest BCUT2D eigenvalue weighted by molar-refractivity contribution is 6.31. The van der Waals surface area contributed by atoms with Gasteiger partial charge in [0.1, 0.15) is 23.3 Å². The Morgan fingerprint density at radius 2 is 1.96 bits per heavy atom. The van der Waals surface area contributed by atoms with Gasteiger partial charge in [0, 0.05) is 24.0 Å². The molecule has 2 heterocycles. The van der Waals surface area contributed by atoms with Crippen molar-refractivity contribution in [3.8, 4) is 11.4 Å². The summed E-state index contributed by atoms with van der Waals surface area (Å²) in [5.74, 6) is 0.150. The van der Waals surface area contributed by atoms with Crippen LogP contribution in [0.15, 0.2) is 48.8 Å². The van der Waals surface area contributed by atoms with Crippen LogP contribution in [-0.4, -0.2) is 19.1 Å². The number of aryl methyl sites for hydroxylation is 1. The van der Waals surface area contributed by atoms with Gasteiger partial charge in [-0.05, 0) is 42.8 Å². The molecule has 0 radical (unpaired) electrons. The van der Waals surface area contributed by atoms with Crippen LogP contribution >= 0.6 is 11.6 Å². The third-order valence-electron chi connectivity index (χ3n) is 4.43. The molecule has 0 N–H and O–H groups in total. The van der Waals surface area contributed by atoms with E-state index >= 15 is 0 Å². The predicted octanol–water partition coefficient (Wildman–Crippen LogP) is 5.29. The molecule has 0 amide bonds. The summed E-state index contributed by atoms with van der Waals surface area (Å²) in [7, 11) is 0. The molecule has 2 aromatic heterocycles. The van der Waals surface area contributed by atoms with E-state index in [0.29, 0.717) is 17.4 Å². The van der Waals surface area contributed by atoms with Crippen LogP contribution in [0.3, 0.4) is 0 Å². The van der Waals surface area contributed by atoms with Crippen LogP contribution in [0.2, 0.25) is 5.02 Å². The van der Waals surface area contributed by atoms with Crippen molar-refractivity contribution >= 4 is 22.6 Å². The van der Waals surface area contributed by atoms with Gasteiger partial charge in [0.2, 0.25) is 0 Å². The Balaban J connectivity index is 1.79. The first-order valence-electron chi connectivity index (χ1n) is 8.68. The van der Waals surface area contributed by atoms with Crippen LogP contribution in [0.4, 0.5) is 8.78 Å². The molecular formula is C20H17ClF2N4. The monoisotopic (exact) mass is 386 g/mol. The lowest BCUT2D eigenvalue weighted by molar-refractivity contribution is 0.598. The standard InChI is InChI=1S/C20H17ClF2N4/c1-2-8-27-18-10-13(21)3-6-17(18)25-19(27)12-26-9-7-24-20(26)15-11-14(22)4-5-16(15)23/h3-7,9-11H,2,8,12H2,1H3. The molecule has 0 fully saturated rings. The van der Waals surface area contributed by atoms with Gasteiger partial charge < -0.3 is 9.13 Å². The predicted molar refractivity (Wildman–Crippen MR) is 102 cm³/mol. The smallest absolute Gasteiger partial charge is 0.143 e. The summed E-state index contributed by atoms with van der Waals surface area (Å²) in [6.45, 7) is 3.26. The number of imidazole rings is 2. The molecule has 0 atom stereocenters. The fraction of sp³-hybridized carbons (Fsp3) is 0.200. The van der Waals surface area contributed by atoms with Crippen LogP contribution in [0.25, 0.3) is 22.4 Å². The Bertz CT molecular complexity index is 1120. The summed E-state index contributed by atoms with van der Waals surface area (Å²) in [4.78, 5) is 8.94. The van der Waals surface area contributed by atoms with Gasteiger partial charge >= 0.3 is 0 Å². The molecule has 0 bridgehead atoms. The maximum absolute atomic E-state index is 14.2. The zero-order chi connectivity index (χ0) is 19.0. The number of halogens is 3. The Morgan fingerprint density at radius 1 is 1.11 bits per heavy atom. The molecule has 0 aliphatic heterocycles. The Morgan fingerprint density at radius 3 is 2.78 bits per heavy atom. The van der Waals surface area contributed by atoms with Crippen molar-refractivity contribution in [2.75, 3.05) is 0 Å². The molecule has 7 heteroatoms. The lowest BCUT2D eigenvalue weighted by atomic mass is 10.2. The van der Waals surface area contributed by atoms with E-state index < -0.39 is 11.6 Å². The normalized spacial score (nSPS) is 11.4. The summed E-state index contributed by atoms with van der Waals surface area (Å²) in [6, 6.07) is 8.94. The maximum Gasteiger partial charge on any atom is 0.143 e. The molecule has 27 heavy (non-hydrogen) atoms. The van der Waals surface area contributed by atoms with Crippen molar-refractivity contribution in [3.63, 3.8) is 0 Å². The Hall–Kier alpha value is -2.73. The summed E-state index contributed by atoms with van der Waals surface area (Å²) in [5.41, 5.74) is 1.93. The van der Waals surface area contributed by atoms with Gasteiger partial charge in [-0.2, -0.15) is 0 Å². The van der Waals surface area contributed by atoms with E-state index in [1.165, 1.54) is 0 Å². The van der Waals surface area contributed by atoms with E-state index in [1.807, 2.05) is 18.2 Å². The number of hydrogen-bond acceptors (Lipinski definition) is 2. The Kier molecular flexibility index (Phi) is 4.66. The number of fused-ring (bicyclic) bond motifs is 1. The van der Waals surface area contributed by atoms with E-state index in [4.69, 9.17) is 16.6 Å². The highest BCUT2D eigenvalue weighted by atomic mass is 35.5. The molecule has 2 aromatic carbocycles. The minimum Gasteiger partial charge on any atom is -0.326 e. The molecule has 4 rings (SSSR count). The van der Waals surface area contributed by atoms with Crippen molar-refractivity contribution in [1.82, 2.24) is 19.1 Å². The van der Waals surface area contributed by atoms with E-state index in [2.05, 4.69) is 16.5 Å². The molecule has 138 valence electrons. The second kappa shape index (κ2) is 7.12. The van der Waals surface area contributed by atoms with Gasteiger partial charge in [-0.3, -0.25) is 0 Å². The molecule has 4 aromatic rings. The summed E-state index contributed by atoms with van der Waals surface area (Å²) >= 11 is 6.15. The van der Waals surface area contributed by atoms with E-state index in [9.17, 15) is 8.78 Å². The zero-order valence-corrected chi connectivity index (χ0v) is 15.4. The number of hydrogen-bond donors (Lipinski definition) is 0. The zero-order valence-electron chi connectivity index (χ0n) is 14.7. The number of nitrogens with zero attached hydrogens (tertiary/aromatic N) is 4. The van der Waals surface area contributed by atoms with E-state index in [1.54, 1.807) is 17.0 Å². The highest BCUT2D eigenvalue weighted by Crippen LogP contribution is 2.25. The summed E-state index contributed by atoms with van der Waals surface area (Å²) < 4.78 is 31.7. The highest BCUT2D eigenvalue weighted by Gasteiger charge is 2.16. The first-order valence-corrected chi connectivity index (χ1v) is 9.06. The van der Waals surface area contributed by atoms with Gasteiger partial charge in [-0.15, -0.1) is 0 Å². The van der Waals surface area contributed by atoms with Crippen molar-refractivity contribution in [2.45, 2.75) is 26.4 Å². The first-order chi connectivity index (χ1) is 13.1. The van der Waals surface area contributed by atoms with Crippen LogP contribution in [0.5, 0.6) is 0 Å². The van der Waals surface area contributed by atoms with E-state index in [-0.39, 0.29) is 5.56 Å². The second-order valence-corrected chi connectivity index (χ2v) is 6.75. The van der Waals surface area contributed by atoms with Crippen LogP contribution < -0.4 is 0 Å². The van der Waals surface area contributed by atoms with Gasteiger partial charge in [0.25, 0.3) is 0 Å². The summed E-state index contributed by atoms with van der Waals surface area (Å²) in [5, 5.41) is 0.649. The minimum absolute atomic E-state index is 0.126. The number of rotatable bonds is 5. The van der Waals surface area contributed by atoms with Crippen molar-refractivity contribution in [2.24, 2.45) is 0 Å². The van der Waals surface area contributed by atoms with Crippen molar-refractivity contribution < 1.29 is 8.78 Å². The van der Waals surface area contributed by atoms with Crippen LogP contribution in [0.1, 0.15) is 19.2 Å². The van der Waals surface area contributed by atoms with Crippen molar-refractivity contribution in [3.05, 3.63) is 71.3 Å². The van der Waals surface area contributed by atoms with E-state index in [0.717, 1.165) is 48.0 Å². The lowest BCUT2D eigenvalue weighted by Crippen LogP contribution is -2.10. The molecule has 0 spiro atoms. The van der Waals surface area contributed by atoms with Crippen LogP contribution in [-0.2, 0) is 13.1 Å². The fourth-order valence-electron chi connectivity index (χ4n) is 3.24. The molecular weight excluding hydrogens is 370 g/mol. The average Bonchev–Trinajstić information content (AvgIpc) is 3.23. The number of benzene rings is 2. The molecule has 0 aliphatic carbocycles. The third-order valence-corrected chi connectivity index (χ3v) is 4.67. The molecule has 0 aliphatic rings. The van der Waals surface area contributed by atoms with Gasteiger partial charge in [-0.1, -0.05) is 18.5 Å². The molecule has 0 saturated carbocycles. The maximum atomic E-state index is 14.2. The first kappa shape index (κ1) is 17.7. The minimum atomic E-state index is -0.516.